The van der Waals surface area contributed by atoms with Crippen LogP contribution in [0.2, 0.25) is 0 Å². The molecular weight excluding hydrogens is 982 g/mol. The standard InChI is InChI=1S/C41H39FN12O11P2S2/c42-31-34-30(64-40(31)53-23-46-32-35(44-21-45-36(32)53)48-38(55)25-5-2-1-3-6-25)20-62-66(59,68)61-19-28-26(18-63-67(69,65-34)60-16-4-12-43)17-29(28)52-22-47-33-37(52)49-41-50(14-15-51(41)39(33)56)13-11-24-7-9-27(10-8-24)54(57)58/h1-3,5-10,14-15,21-23,26,28-31,34,40H,4,11,13,16-20H2,(H,59,68)(H,44,45,48,55)/t26-,28-,29-,30-,31-,34-,40-,66?,67?/m1/s1. The van der Waals surface area contributed by atoms with Gasteiger partial charge in [-0.1, -0.05) is 30.3 Å². The smallest absolute Gasteiger partial charge is 0.327 e. The Balaban J connectivity index is 0.897. The third-order valence-corrected chi connectivity index (χ3v) is 16.2. The maximum Gasteiger partial charge on any atom is 0.327 e. The van der Waals surface area contributed by atoms with Crippen LogP contribution in [-0.2, 0) is 63.9 Å². The first-order chi connectivity index (χ1) is 33.3. The highest BCUT2D eigenvalue weighted by atomic mass is 32.5. The molecule has 2 aromatic carbocycles. The van der Waals surface area contributed by atoms with Crippen LogP contribution >= 0.6 is 13.4 Å². The lowest BCUT2D eigenvalue weighted by molar-refractivity contribution is -0.384. The summed E-state index contributed by atoms with van der Waals surface area (Å²) in [5, 5.41) is 23.2. The van der Waals surface area contributed by atoms with Gasteiger partial charge in [0.1, 0.15) is 18.5 Å². The number of hydrogen-bond acceptors (Lipinski definition) is 18. The van der Waals surface area contributed by atoms with Crippen LogP contribution in [0.5, 0.6) is 0 Å². The lowest BCUT2D eigenvalue weighted by atomic mass is 9.70. The normalized spacial score (nSPS) is 27.3. The molecule has 2 N–H and O–H groups in total. The van der Waals surface area contributed by atoms with Crippen LogP contribution in [0.15, 0.2) is 90.8 Å². The van der Waals surface area contributed by atoms with Gasteiger partial charge in [-0.2, -0.15) is 10.2 Å². The van der Waals surface area contributed by atoms with E-state index in [1.165, 1.54) is 40.1 Å². The molecule has 23 nitrogen and oxygen atoms in total. The number of alkyl halides is 1. The summed E-state index contributed by atoms with van der Waals surface area (Å²) in [5.41, 5.74) is 1.49. The molecule has 69 heavy (non-hydrogen) atoms. The number of carbonyl (C=O) groups is 1. The highest BCUT2D eigenvalue weighted by Gasteiger charge is 2.52. The van der Waals surface area contributed by atoms with Crippen LogP contribution in [0.3, 0.4) is 0 Å². The Morgan fingerprint density at radius 2 is 1.77 bits per heavy atom. The first-order valence-electron chi connectivity index (χ1n) is 21.4. The number of aromatic nitrogens is 9. The Morgan fingerprint density at radius 1 is 1.00 bits per heavy atom. The summed E-state index contributed by atoms with van der Waals surface area (Å²) >= 11 is 11.4. The molecule has 2 unspecified atom stereocenters. The van der Waals surface area contributed by atoms with Crippen molar-refractivity contribution in [1.82, 2.24) is 43.0 Å². The number of nitrogens with one attached hydrogen (secondary N) is 1. The van der Waals surface area contributed by atoms with E-state index in [0.29, 0.717) is 36.4 Å². The summed E-state index contributed by atoms with van der Waals surface area (Å²) in [6.45, 7) is -8.49. The highest BCUT2D eigenvalue weighted by Crippen LogP contribution is 2.58. The average Bonchev–Trinajstić information content (AvgIpc) is 4.13. The molecule has 3 aliphatic rings. The molecule has 28 heteroatoms. The molecule has 2 saturated heterocycles. The van der Waals surface area contributed by atoms with Crippen molar-refractivity contribution >= 4 is 82.6 Å². The summed E-state index contributed by atoms with van der Waals surface area (Å²) in [5.74, 6) is -0.834. The predicted octanol–water partition coefficient (Wildman–Crippen LogP) is 5.32. The minimum absolute atomic E-state index is 0.0159. The number of imidazole rings is 3. The number of nitriles is 1. The number of rotatable bonds is 11. The van der Waals surface area contributed by atoms with Gasteiger partial charge in [0.15, 0.2) is 40.5 Å². The average molecular weight is 1020 g/mol. The minimum atomic E-state index is -4.06. The highest BCUT2D eigenvalue weighted by molar-refractivity contribution is 8.07. The summed E-state index contributed by atoms with van der Waals surface area (Å²) in [6, 6.07) is 16.3. The lowest BCUT2D eigenvalue weighted by Gasteiger charge is -2.45. The number of ether oxygens (including phenoxy) is 1. The summed E-state index contributed by atoms with van der Waals surface area (Å²) in [4.78, 5) is 71.0. The molecular formula is C41H39FN12O11P2S2. The molecule has 358 valence electrons. The van der Waals surface area contributed by atoms with Crippen molar-refractivity contribution in [3.63, 3.8) is 0 Å². The Kier molecular flexibility index (Phi) is 13.0. The maximum absolute atomic E-state index is 17.0. The number of nitrogens with zero attached hydrogens (tertiary/aromatic N) is 11. The second-order valence-electron chi connectivity index (χ2n) is 16.3. The van der Waals surface area contributed by atoms with Gasteiger partial charge in [-0.05, 0) is 60.1 Å². The van der Waals surface area contributed by atoms with Gasteiger partial charge in [0.2, 0.25) is 5.78 Å². The van der Waals surface area contributed by atoms with Crippen molar-refractivity contribution in [3.05, 3.63) is 118 Å². The number of anilines is 1. The number of nitro groups is 1. The zero-order chi connectivity index (χ0) is 48.0. The third kappa shape index (κ3) is 9.35. The molecule has 7 heterocycles. The number of aryl methyl sites for hydroxylation is 2. The van der Waals surface area contributed by atoms with Crippen molar-refractivity contribution in [2.75, 3.05) is 31.7 Å². The van der Waals surface area contributed by atoms with E-state index in [-0.39, 0.29) is 60.3 Å². The van der Waals surface area contributed by atoms with Gasteiger partial charge in [-0.25, -0.2) is 28.7 Å². The van der Waals surface area contributed by atoms with E-state index >= 15 is 4.39 Å². The van der Waals surface area contributed by atoms with Crippen molar-refractivity contribution in [3.8, 4) is 6.07 Å². The number of hydrogen-bond donors (Lipinski definition) is 2. The maximum atomic E-state index is 17.0. The topological polar surface area (TPSA) is 272 Å². The summed E-state index contributed by atoms with van der Waals surface area (Å²) in [7, 11) is 0. The van der Waals surface area contributed by atoms with Crippen molar-refractivity contribution in [1.29, 1.82) is 5.26 Å². The molecule has 2 aliphatic heterocycles. The van der Waals surface area contributed by atoms with Crippen LogP contribution in [0.25, 0.3) is 28.1 Å². The number of benzene rings is 2. The van der Waals surface area contributed by atoms with E-state index in [2.05, 4.69) is 25.3 Å². The SMILES string of the molecule is N#CCCOP1(=S)OC[C@H]2C[C@@H](n3cnc4c(=O)n5ccn(CCc6ccc([N+](=O)[O-])cc6)c5nc43)[C@@H]2COP(O)(=S)OC[C@H]2O[C@@H](n3cnc4c(NC(=O)c5ccccc5)ncnc43)[C@H](F)[C@@H]2O1. The number of non-ortho nitro benzene ring substituents is 1. The fraction of sp³-hybridized carbons (Fsp3) is 0.366. The molecule has 7 aromatic rings. The molecule has 0 bridgehead atoms. The molecule has 10 rings (SSSR count). The van der Waals surface area contributed by atoms with Gasteiger partial charge < -0.3 is 42.2 Å². The van der Waals surface area contributed by atoms with Gasteiger partial charge in [0.05, 0.1) is 56.5 Å². The molecule has 0 radical (unpaired) electrons. The monoisotopic (exact) mass is 1020 g/mol. The fourth-order valence-corrected chi connectivity index (χ4v) is 11.9. The number of halogens is 1. The van der Waals surface area contributed by atoms with E-state index in [1.807, 2.05) is 6.07 Å². The van der Waals surface area contributed by atoms with Crippen LogP contribution < -0.4 is 10.9 Å². The zero-order valence-corrected chi connectivity index (χ0v) is 39.2. The molecule has 3 fully saturated rings. The molecule has 0 spiro atoms. The quantitative estimate of drug-likeness (QED) is 0.0718. The van der Waals surface area contributed by atoms with Crippen LogP contribution in [0.4, 0.5) is 15.9 Å². The Morgan fingerprint density at radius 3 is 2.55 bits per heavy atom. The van der Waals surface area contributed by atoms with E-state index in [9.17, 15) is 29.9 Å². The van der Waals surface area contributed by atoms with E-state index in [1.54, 1.807) is 64.0 Å². The number of amides is 1. The van der Waals surface area contributed by atoms with E-state index in [0.717, 1.165) is 5.56 Å². The first kappa shape index (κ1) is 46.9. The van der Waals surface area contributed by atoms with Gasteiger partial charge in [-0.3, -0.25) is 28.8 Å². The van der Waals surface area contributed by atoms with Crippen LogP contribution in [0, 0.1) is 33.3 Å². The largest absolute Gasteiger partial charge is 0.346 e. The summed E-state index contributed by atoms with van der Waals surface area (Å²) in [6.07, 6.45) is 1.84. The predicted molar refractivity (Wildman–Crippen MR) is 248 cm³/mol. The van der Waals surface area contributed by atoms with E-state index < -0.39 is 73.0 Å². The van der Waals surface area contributed by atoms with Gasteiger partial charge in [-0.15, -0.1) is 0 Å². The molecule has 9 atom stereocenters. The lowest BCUT2D eigenvalue weighted by Crippen LogP contribution is -2.43. The van der Waals surface area contributed by atoms with Gasteiger partial charge >= 0.3 is 13.4 Å². The van der Waals surface area contributed by atoms with Crippen molar-refractivity contribution in [2.45, 2.75) is 56.5 Å². The zero-order valence-electron chi connectivity index (χ0n) is 35.8. The Bertz CT molecular complexity index is 3300. The number of nitro benzene ring substituents is 1. The van der Waals surface area contributed by atoms with Crippen molar-refractivity contribution in [2.24, 2.45) is 11.8 Å². The van der Waals surface area contributed by atoms with Crippen LogP contribution in [-0.4, -0.2) is 104 Å². The number of carbonyl (C=O) groups excluding carboxylic acids is 1. The second-order valence-corrected chi connectivity index (χ2v) is 22.1. The second kappa shape index (κ2) is 19.2. The molecule has 5 aromatic heterocycles. The third-order valence-electron chi connectivity index (χ3n) is 12.2. The van der Waals surface area contributed by atoms with Crippen molar-refractivity contribution < 1.29 is 46.4 Å². The Labute approximate surface area is 399 Å². The first-order valence-corrected chi connectivity index (χ1v) is 26.5. The minimum Gasteiger partial charge on any atom is -0.346 e. The Hall–Kier alpha value is -5.81. The molecule has 1 saturated carbocycles. The van der Waals surface area contributed by atoms with Gasteiger partial charge in [0.25, 0.3) is 17.2 Å². The number of fused-ring (bicyclic) bond motifs is 5. The fourth-order valence-electron chi connectivity index (χ4n) is 8.61. The van der Waals surface area contributed by atoms with E-state index in [4.69, 9.17) is 56.0 Å². The van der Waals surface area contributed by atoms with Crippen LogP contribution in [0.1, 0.15) is 41.0 Å². The molecule has 1 aliphatic carbocycles. The summed E-state index contributed by atoms with van der Waals surface area (Å²) < 4.78 is 59.8. The van der Waals surface area contributed by atoms with Gasteiger partial charge in [0, 0.05) is 48.6 Å². The molecule has 1 amide bonds.